The van der Waals surface area contributed by atoms with Gasteiger partial charge in [-0.3, -0.25) is 4.79 Å². The molecule has 1 saturated heterocycles. The zero-order chi connectivity index (χ0) is 18.8. The van der Waals surface area contributed by atoms with E-state index in [4.69, 9.17) is 0 Å². The summed E-state index contributed by atoms with van der Waals surface area (Å²) in [6.45, 7) is 10.5. The van der Waals surface area contributed by atoms with Crippen LogP contribution in [-0.2, 0) is 0 Å². The Morgan fingerprint density at radius 2 is 1.88 bits per heavy atom. The number of aromatic nitrogens is 1. The van der Waals surface area contributed by atoms with Crippen molar-refractivity contribution in [3.05, 3.63) is 52.8 Å². The van der Waals surface area contributed by atoms with E-state index in [1.54, 1.807) is 0 Å². The van der Waals surface area contributed by atoms with Crippen molar-refractivity contribution in [2.24, 2.45) is 0 Å². The lowest BCUT2D eigenvalue weighted by Gasteiger charge is -2.31. The third-order valence-electron chi connectivity index (χ3n) is 5.63. The Kier molecular flexibility index (Phi) is 5.52. The van der Waals surface area contributed by atoms with Gasteiger partial charge in [0, 0.05) is 30.2 Å². The van der Waals surface area contributed by atoms with Crippen LogP contribution in [0.2, 0.25) is 0 Å². The van der Waals surface area contributed by atoms with Gasteiger partial charge < -0.3 is 14.8 Å². The minimum absolute atomic E-state index is 0.135. The quantitative estimate of drug-likeness (QED) is 0.901. The molecule has 0 saturated carbocycles. The van der Waals surface area contributed by atoms with Crippen LogP contribution in [0.3, 0.4) is 0 Å². The maximum atomic E-state index is 13.1. The summed E-state index contributed by atoms with van der Waals surface area (Å²) < 4.78 is 2.20. The Morgan fingerprint density at radius 3 is 2.54 bits per heavy atom. The fourth-order valence-corrected chi connectivity index (χ4v) is 3.95. The Hall–Kier alpha value is -2.07. The van der Waals surface area contributed by atoms with Crippen molar-refractivity contribution in [1.29, 1.82) is 0 Å². The second-order valence-electron chi connectivity index (χ2n) is 7.77. The topological polar surface area (TPSA) is 37.3 Å². The summed E-state index contributed by atoms with van der Waals surface area (Å²) in [5.41, 5.74) is 5.39. The van der Waals surface area contributed by atoms with E-state index >= 15 is 0 Å². The number of carbonyl (C=O) groups is 1. The minimum atomic E-state index is 0.135. The minimum Gasteiger partial charge on any atom is -0.339 e. The molecule has 4 heteroatoms. The summed E-state index contributed by atoms with van der Waals surface area (Å²) in [5.74, 6) is 0.620. The molecule has 1 amide bonds. The first-order chi connectivity index (χ1) is 12.4. The van der Waals surface area contributed by atoms with Crippen LogP contribution < -0.4 is 5.32 Å². The van der Waals surface area contributed by atoms with Gasteiger partial charge in [0.05, 0.1) is 5.56 Å². The standard InChI is InChI=1S/C22H31N3O/c1-15(2)18-7-6-8-20(14-18)25-16(3)13-21(17(25)4)22(26)24(5)19-9-11-23-12-10-19/h6-8,13-15,19,23H,9-12H2,1-5H3. The van der Waals surface area contributed by atoms with E-state index in [-0.39, 0.29) is 5.91 Å². The van der Waals surface area contributed by atoms with Gasteiger partial charge in [-0.2, -0.15) is 0 Å². The van der Waals surface area contributed by atoms with Crippen molar-refractivity contribution in [3.8, 4) is 5.69 Å². The lowest BCUT2D eigenvalue weighted by Crippen LogP contribution is -2.44. The van der Waals surface area contributed by atoms with Gasteiger partial charge in [0.2, 0.25) is 0 Å². The van der Waals surface area contributed by atoms with E-state index in [9.17, 15) is 4.79 Å². The molecule has 1 aliphatic heterocycles. The average molecular weight is 354 g/mol. The van der Waals surface area contributed by atoms with Crippen molar-refractivity contribution in [2.75, 3.05) is 20.1 Å². The van der Waals surface area contributed by atoms with Crippen molar-refractivity contribution in [3.63, 3.8) is 0 Å². The summed E-state index contributed by atoms with van der Waals surface area (Å²) in [4.78, 5) is 15.1. The molecule has 1 aromatic carbocycles. The van der Waals surface area contributed by atoms with E-state index in [1.807, 2.05) is 18.0 Å². The number of carbonyl (C=O) groups excluding carboxylic acids is 1. The van der Waals surface area contributed by atoms with Crippen LogP contribution in [0.15, 0.2) is 30.3 Å². The van der Waals surface area contributed by atoms with Gasteiger partial charge in [-0.15, -0.1) is 0 Å². The molecule has 1 aliphatic rings. The van der Waals surface area contributed by atoms with Crippen LogP contribution in [0.4, 0.5) is 0 Å². The highest BCUT2D eigenvalue weighted by molar-refractivity contribution is 5.96. The third-order valence-corrected chi connectivity index (χ3v) is 5.63. The van der Waals surface area contributed by atoms with E-state index < -0.39 is 0 Å². The first-order valence-corrected chi connectivity index (χ1v) is 9.67. The maximum Gasteiger partial charge on any atom is 0.255 e. The Morgan fingerprint density at radius 1 is 1.19 bits per heavy atom. The summed E-state index contributed by atoms with van der Waals surface area (Å²) in [7, 11) is 1.95. The Balaban J connectivity index is 1.92. The lowest BCUT2D eigenvalue weighted by atomic mass is 10.0. The molecule has 4 nitrogen and oxygen atoms in total. The molecule has 0 aliphatic carbocycles. The molecule has 1 aromatic heterocycles. The van der Waals surface area contributed by atoms with E-state index in [1.165, 1.54) is 5.56 Å². The van der Waals surface area contributed by atoms with E-state index in [2.05, 4.69) is 61.8 Å². The number of benzene rings is 1. The molecular formula is C22H31N3O. The first-order valence-electron chi connectivity index (χ1n) is 9.67. The Labute approximate surface area is 157 Å². The fraction of sp³-hybridized carbons (Fsp3) is 0.500. The van der Waals surface area contributed by atoms with Gasteiger partial charge in [0.25, 0.3) is 5.91 Å². The number of hydrogen-bond acceptors (Lipinski definition) is 2. The largest absolute Gasteiger partial charge is 0.339 e. The first kappa shape index (κ1) is 18.7. The van der Waals surface area contributed by atoms with Gasteiger partial charge in [-0.05, 0) is 69.5 Å². The molecule has 0 atom stereocenters. The van der Waals surface area contributed by atoms with Crippen molar-refractivity contribution in [1.82, 2.24) is 14.8 Å². The number of piperidine rings is 1. The highest BCUT2D eigenvalue weighted by Gasteiger charge is 2.26. The number of nitrogens with one attached hydrogen (secondary N) is 1. The molecular weight excluding hydrogens is 322 g/mol. The summed E-state index contributed by atoms with van der Waals surface area (Å²) in [6, 6.07) is 11.0. The van der Waals surface area contributed by atoms with Gasteiger partial charge in [0.1, 0.15) is 0 Å². The fourth-order valence-electron chi connectivity index (χ4n) is 3.95. The van der Waals surface area contributed by atoms with Crippen LogP contribution in [0.5, 0.6) is 0 Å². The lowest BCUT2D eigenvalue weighted by molar-refractivity contribution is 0.0702. The van der Waals surface area contributed by atoms with Gasteiger partial charge in [0.15, 0.2) is 0 Å². The van der Waals surface area contributed by atoms with Gasteiger partial charge >= 0.3 is 0 Å². The number of aryl methyl sites for hydroxylation is 1. The molecule has 0 bridgehead atoms. The van der Waals surface area contributed by atoms with Crippen LogP contribution in [0, 0.1) is 13.8 Å². The number of hydrogen-bond donors (Lipinski definition) is 1. The summed E-state index contributed by atoms with van der Waals surface area (Å²) >= 11 is 0. The maximum absolute atomic E-state index is 13.1. The summed E-state index contributed by atoms with van der Waals surface area (Å²) in [5, 5.41) is 3.37. The van der Waals surface area contributed by atoms with Crippen LogP contribution in [0.1, 0.15) is 59.9 Å². The Bertz CT molecular complexity index is 785. The molecule has 0 radical (unpaired) electrons. The second-order valence-corrected chi connectivity index (χ2v) is 7.77. The number of rotatable bonds is 4. The normalized spacial score (nSPS) is 15.5. The third kappa shape index (κ3) is 3.56. The molecule has 140 valence electrons. The molecule has 1 fully saturated rings. The van der Waals surface area contributed by atoms with Crippen LogP contribution >= 0.6 is 0 Å². The van der Waals surface area contributed by atoms with Crippen molar-refractivity contribution < 1.29 is 4.79 Å². The monoisotopic (exact) mass is 353 g/mol. The van der Waals surface area contributed by atoms with Gasteiger partial charge in [-0.1, -0.05) is 26.0 Å². The second kappa shape index (κ2) is 7.67. The number of amides is 1. The van der Waals surface area contributed by atoms with E-state index in [0.29, 0.717) is 12.0 Å². The zero-order valence-corrected chi connectivity index (χ0v) is 16.7. The predicted molar refractivity (Wildman–Crippen MR) is 107 cm³/mol. The smallest absolute Gasteiger partial charge is 0.255 e. The summed E-state index contributed by atoms with van der Waals surface area (Å²) in [6.07, 6.45) is 2.05. The highest BCUT2D eigenvalue weighted by Crippen LogP contribution is 2.25. The number of nitrogens with zero attached hydrogens (tertiary/aromatic N) is 2. The average Bonchev–Trinajstić information content (AvgIpc) is 2.95. The van der Waals surface area contributed by atoms with Gasteiger partial charge in [-0.25, -0.2) is 0 Å². The highest BCUT2D eigenvalue weighted by atomic mass is 16.2. The molecule has 0 unspecified atom stereocenters. The molecule has 3 rings (SSSR count). The molecule has 2 aromatic rings. The molecule has 26 heavy (non-hydrogen) atoms. The van der Waals surface area contributed by atoms with Crippen LogP contribution in [0.25, 0.3) is 5.69 Å². The predicted octanol–water partition coefficient (Wildman–Crippen LogP) is 4.04. The molecule has 0 spiro atoms. The van der Waals surface area contributed by atoms with E-state index in [0.717, 1.165) is 48.6 Å². The molecule has 2 heterocycles. The van der Waals surface area contributed by atoms with Crippen molar-refractivity contribution >= 4 is 5.91 Å². The SMILES string of the molecule is Cc1cc(C(=O)N(C)C2CCNCC2)c(C)n1-c1cccc(C(C)C)c1. The molecule has 1 N–H and O–H groups in total. The van der Waals surface area contributed by atoms with Crippen LogP contribution in [-0.4, -0.2) is 41.6 Å². The zero-order valence-electron chi connectivity index (χ0n) is 16.7. The van der Waals surface area contributed by atoms with Crippen molar-refractivity contribution in [2.45, 2.75) is 52.5 Å².